The van der Waals surface area contributed by atoms with E-state index in [2.05, 4.69) is 59.7 Å². The normalized spacial score (nSPS) is 17.8. The van der Waals surface area contributed by atoms with Gasteiger partial charge in [0.1, 0.15) is 0 Å². The lowest BCUT2D eigenvalue weighted by Gasteiger charge is -2.57. The predicted octanol–water partition coefficient (Wildman–Crippen LogP) is 5.60. The molecule has 0 fully saturated rings. The Hall–Kier alpha value is -1.54. The molecule has 0 saturated carbocycles. The van der Waals surface area contributed by atoms with E-state index in [9.17, 15) is 14.7 Å². The highest BCUT2D eigenvalue weighted by molar-refractivity contribution is 5.83. The first kappa shape index (κ1) is 31.5. The number of nitrogens with one attached hydrogen (secondary N) is 1. The lowest BCUT2D eigenvalue weighted by atomic mass is 9.46. The first-order valence-corrected chi connectivity index (χ1v) is 12.1. The Labute approximate surface area is 203 Å². The standard InChI is InChI=1S/C28H51NO4/c1-15-16-33-22(32)28(14,24(6,7)8)19-25(9,10)26(11,12)27(13,18-23(3,4)5)21(31)29-17-20(2)30/h1,20,30H,16-19H2,2-14H3,(H,29,31). The maximum absolute atomic E-state index is 13.6. The molecule has 5 heteroatoms. The second-order valence-electron chi connectivity index (χ2n) is 13.7. The second kappa shape index (κ2) is 10.4. The zero-order valence-electron chi connectivity index (χ0n) is 23.7. The van der Waals surface area contributed by atoms with Crippen LogP contribution in [0.1, 0.15) is 103 Å². The van der Waals surface area contributed by atoms with Gasteiger partial charge in [-0.05, 0) is 48.3 Å². The molecule has 0 aromatic heterocycles. The van der Waals surface area contributed by atoms with E-state index in [4.69, 9.17) is 11.2 Å². The van der Waals surface area contributed by atoms with E-state index in [-0.39, 0.29) is 35.9 Å². The van der Waals surface area contributed by atoms with Gasteiger partial charge in [0.15, 0.2) is 6.61 Å². The van der Waals surface area contributed by atoms with Crippen molar-refractivity contribution < 1.29 is 19.4 Å². The minimum atomic E-state index is -0.816. The molecule has 3 atom stereocenters. The number of carbonyl (C=O) groups is 2. The summed E-state index contributed by atoms with van der Waals surface area (Å²) in [5.41, 5.74) is -3.03. The molecular weight excluding hydrogens is 414 g/mol. The SMILES string of the molecule is C#CCOC(=O)C(C)(CC(C)(C)C(C)(C)C(C)(CC(C)(C)C)C(=O)NCC(C)O)C(C)(C)C. The van der Waals surface area contributed by atoms with Gasteiger partial charge in [0.25, 0.3) is 0 Å². The minimum absolute atomic E-state index is 0.0577. The highest BCUT2D eigenvalue weighted by Crippen LogP contribution is 2.61. The summed E-state index contributed by atoms with van der Waals surface area (Å²) in [7, 11) is 0. The van der Waals surface area contributed by atoms with Gasteiger partial charge in [0, 0.05) is 6.54 Å². The van der Waals surface area contributed by atoms with Crippen molar-refractivity contribution in [2.75, 3.05) is 13.2 Å². The van der Waals surface area contributed by atoms with Gasteiger partial charge in [0.05, 0.1) is 16.9 Å². The fourth-order valence-corrected chi connectivity index (χ4v) is 4.84. The van der Waals surface area contributed by atoms with Crippen LogP contribution in [0.2, 0.25) is 0 Å². The topological polar surface area (TPSA) is 75.6 Å². The molecule has 0 bridgehead atoms. The molecule has 0 rings (SSSR count). The average molecular weight is 466 g/mol. The Bertz CT molecular complexity index is 730. The van der Waals surface area contributed by atoms with E-state index >= 15 is 0 Å². The van der Waals surface area contributed by atoms with Crippen LogP contribution in [0.5, 0.6) is 0 Å². The molecule has 0 saturated heterocycles. The van der Waals surface area contributed by atoms with Crippen molar-refractivity contribution in [3.8, 4) is 12.3 Å². The average Bonchev–Trinajstić information content (AvgIpc) is 2.60. The first-order chi connectivity index (χ1) is 14.5. The molecule has 192 valence electrons. The Kier molecular flexibility index (Phi) is 9.90. The number of aliphatic hydroxyl groups is 1. The van der Waals surface area contributed by atoms with Crippen LogP contribution in [0.15, 0.2) is 0 Å². The van der Waals surface area contributed by atoms with Gasteiger partial charge in [-0.3, -0.25) is 9.59 Å². The molecule has 0 aliphatic rings. The molecule has 1 amide bonds. The van der Waals surface area contributed by atoms with E-state index in [1.807, 2.05) is 34.6 Å². The van der Waals surface area contributed by atoms with Crippen molar-refractivity contribution in [3.63, 3.8) is 0 Å². The largest absolute Gasteiger partial charge is 0.452 e. The highest BCUT2D eigenvalue weighted by Gasteiger charge is 2.59. The maximum atomic E-state index is 13.6. The highest BCUT2D eigenvalue weighted by atomic mass is 16.5. The van der Waals surface area contributed by atoms with Crippen molar-refractivity contribution >= 4 is 11.9 Å². The van der Waals surface area contributed by atoms with Crippen LogP contribution >= 0.6 is 0 Å². The predicted molar refractivity (Wildman–Crippen MR) is 136 cm³/mol. The number of carbonyl (C=O) groups excluding carboxylic acids is 2. The molecule has 0 aliphatic heterocycles. The molecule has 0 spiro atoms. The summed E-state index contributed by atoms with van der Waals surface area (Å²) in [5.74, 6) is 1.99. The van der Waals surface area contributed by atoms with Crippen LogP contribution in [0.3, 0.4) is 0 Å². The molecule has 3 unspecified atom stereocenters. The van der Waals surface area contributed by atoms with Crippen LogP contribution in [0.25, 0.3) is 0 Å². The number of aliphatic hydroxyl groups excluding tert-OH is 1. The first-order valence-electron chi connectivity index (χ1n) is 12.1. The third-order valence-corrected chi connectivity index (χ3v) is 8.20. The number of ether oxygens (including phenoxy) is 1. The van der Waals surface area contributed by atoms with Crippen LogP contribution in [0.4, 0.5) is 0 Å². The van der Waals surface area contributed by atoms with E-state index in [1.54, 1.807) is 6.92 Å². The Morgan fingerprint density at radius 1 is 0.909 bits per heavy atom. The van der Waals surface area contributed by atoms with Gasteiger partial charge >= 0.3 is 5.97 Å². The van der Waals surface area contributed by atoms with E-state index in [0.717, 1.165) is 0 Å². The van der Waals surface area contributed by atoms with Crippen LogP contribution in [-0.4, -0.2) is 36.2 Å². The Balaban J connectivity index is 6.53. The molecule has 0 aromatic rings. The number of hydrogen-bond acceptors (Lipinski definition) is 4. The third kappa shape index (κ3) is 7.22. The molecule has 33 heavy (non-hydrogen) atoms. The van der Waals surface area contributed by atoms with Crippen molar-refractivity contribution in [2.24, 2.45) is 32.5 Å². The molecule has 0 aliphatic carbocycles. The lowest BCUT2D eigenvalue weighted by Crippen LogP contribution is -2.58. The number of amides is 1. The number of terminal acetylenes is 1. The summed E-state index contributed by atoms with van der Waals surface area (Å²) in [6.45, 7) is 26.8. The smallest absolute Gasteiger partial charge is 0.313 e. The summed E-state index contributed by atoms with van der Waals surface area (Å²) in [5, 5.41) is 12.7. The maximum Gasteiger partial charge on any atom is 0.313 e. The summed E-state index contributed by atoms with van der Waals surface area (Å²) < 4.78 is 5.44. The second-order valence-corrected chi connectivity index (χ2v) is 13.7. The zero-order chi connectivity index (χ0) is 26.7. The lowest BCUT2D eigenvalue weighted by molar-refractivity contribution is -0.170. The van der Waals surface area contributed by atoms with Crippen LogP contribution in [0, 0.1) is 44.8 Å². The molecule has 0 heterocycles. The number of rotatable bonds is 10. The third-order valence-electron chi connectivity index (χ3n) is 8.20. The van der Waals surface area contributed by atoms with Crippen LogP contribution in [-0.2, 0) is 14.3 Å². The van der Waals surface area contributed by atoms with E-state index < -0.39 is 27.8 Å². The summed E-state index contributed by atoms with van der Waals surface area (Å²) in [4.78, 5) is 26.9. The molecule has 0 radical (unpaired) electrons. The van der Waals surface area contributed by atoms with Crippen LogP contribution < -0.4 is 5.32 Å². The van der Waals surface area contributed by atoms with E-state index in [0.29, 0.717) is 12.8 Å². The Morgan fingerprint density at radius 2 is 1.39 bits per heavy atom. The summed E-state index contributed by atoms with van der Waals surface area (Å²) in [6.07, 6.45) is 5.87. The molecule has 2 N–H and O–H groups in total. The monoisotopic (exact) mass is 465 g/mol. The molecular formula is C28H51NO4. The molecule has 5 nitrogen and oxygen atoms in total. The summed E-state index contributed by atoms with van der Waals surface area (Å²) >= 11 is 0. The van der Waals surface area contributed by atoms with Crippen molar-refractivity contribution in [3.05, 3.63) is 0 Å². The van der Waals surface area contributed by atoms with Crippen molar-refractivity contribution in [2.45, 2.75) is 109 Å². The van der Waals surface area contributed by atoms with Gasteiger partial charge in [-0.25, -0.2) is 0 Å². The van der Waals surface area contributed by atoms with Crippen molar-refractivity contribution in [1.82, 2.24) is 5.32 Å². The van der Waals surface area contributed by atoms with Gasteiger partial charge in [-0.1, -0.05) is 82.1 Å². The van der Waals surface area contributed by atoms with Crippen molar-refractivity contribution in [1.29, 1.82) is 0 Å². The van der Waals surface area contributed by atoms with E-state index in [1.165, 1.54) is 0 Å². The van der Waals surface area contributed by atoms with Gasteiger partial charge < -0.3 is 15.2 Å². The zero-order valence-corrected chi connectivity index (χ0v) is 23.7. The summed E-state index contributed by atoms with van der Waals surface area (Å²) in [6, 6.07) is 0. The molecule has 0 aromatic carbocycles. The Morgan fingerprint density at radius 3 is 1.76 bits per heavy atom. The number of esters is 1. The quantitative estimate of drug-likeness (QED) is 0.325. The van der Waals surface area contributed by atoms with Gasteiger partial charge in [-0.15, -0.1) is 6.42 Å². The van der Waals surface area contributed by atoms with Gasteiger partial charge in [0.2, 0.25) is 5.91 Å². The fourth-order valence-electron chi connectivity index (χ4n) is 4.84. The number of hydrogen-bond donors (Lipinski definition) is 2. The minimum Gasteiger partial charge on any atom is -0.452 e. The van der Waals surface area contributed by atoms with Gasteiger partial charge in [-0.2, -0.15) is 0 Å². The fraction of sp³-hybridized carbons (Fsp3) is 0.857.